The van der Waals surface area contributed by atoms with Gasteiger partial charge in [0.25, 0.3) is 0 Å². The molecule has 15 heavy (non-hydrogen) atoms. The van der Waals surface area contributed by atoms with Gasteiger partial charge in [-0.1, -0.05) is 0 Å². The van der Waals surface area contributed by atoms with Crippen LogP contribution in [-0.4, -0.2) is 25.5 Å². The molecular weight excluding hydrogens is 188 g/mol. The van der Waals surface area contributed by atoms with Gasteiger partial charge in [-0.3, -0.25) is 4.79 Å². The SMILES string of the molecule is CNC(=O)C(C)NCC(C1CC1)C1CC1. The second kappa shape index (κ2) is 4.52. The van der Waals surface area contributed by atoms with Crippen LogP contribution in [0.2, 0.25) is 0 Å². The highest BCUT2D eigenvalue weighted by Crippen LogP contribution is 2.48. The summed E-state index contributed by atoms with van der Waals surface area (Å²) in [5, 5.41) is 6.04. The molecule has 2 aliphatic rings. The summed E-state index contributed by atoms with van der Waals surface area (Å²) in [4.78, 5) is 11.3. The number of amides is 1. The summed E-state index contributed by atoms with van der Waals surface area (Å²) in [7, 11) is 1.69. The topological polar surface area (TPSA) is 41.1 Å². The largest absolute Gasteiger partial charge is 0.358 e. The lowest BCUT2D eigenvalue weighted by molar-refractivity contribution is -0.122. The van der Waals surface area contributed by atoms with Gasteiger partial charge in [0.2, 0.25) is 5.91 Å². The van der Waals surface area contributed by atoms with E-state index in [4.69, 9.17) is 0 Å². The molecule has 2 aliphatic carbocycles. The molecule has 86 valence electrons. The highest BCUT2D eigenvalue weighted by molar-refractivity contribution is 5.80. The van der Waals surface area contributed by atoms with Crippen molar-refractivity contribution >= 4 is 5.91 Å². The molecule has 0 spiro atoms. The fourth-order valence-corrected chi connectivity index (χ4v) is 2.39. The maximum Gasteiger partial charge on any atom is 0.236 e. The lowest BCUT2D eigenvalue weighted by Crippen LogP contribution is -2.43. The quantitative estimate of drug-likeness (QED) is 0.690. The zero-order chi connectivity index (χ0) is 10.8. The molecule has 0 aromatic carbocycles. The lowest BCUT2D eigenvalue weighted by Gasteiger charge is -2.19. The first-order valence-corrected chi connectivity index (χ1v) is 6.17. The summed E-state index contributed by atoms with van der Waals surface area (Å²) in [6.45, 7) is 2.97. The van der Waals surface area contributed by atoms with Gasteiger partial charge in [0.15, 0.2) is 0 Å². The summed E-state index contributed by atoms with van der Waals surface area (Å²) in [6.07, 6.45) is 5.66. The lowest BCUT2D eigenvalue weighted by atomic mass is 9.97. The Hall–Kier alpha value is -0.570. The minimum absolute atomic E-state index is 0.0463. The van der Waals surface area contributed by atoms with Crippen molar-refractivity contribution in [2.24, 2.45) is 17.8 Å². The third kappa shape index (κ3) is 2.94. The molecule has 2 saturated carbocycles. The third-order valence-corrected chi connectivity index (χ3v) is 3.75. The molecule has 0 heterocycles. The van der Waals surface area contributed by atoms with Crippen molar-refractivity contribution in [2.45, 2.75) is 38.6 Å². The summed E-state index contributed by atoms with van der Waals surface area (Å²) < 4.78 is 0. The van der Waals surface area contributed by atoms with Gasteiger partial charge in [0, 0.05) is 7.05 Å². The van der Waals surface area contributed by atoms with E-state index in [-0.39, 0.29) is 11.9 Å². The van der Waals surface area contributed by atoms with E-state index in [0.717, 1.165) is 24.3 Å². The Labute approximate surface area is 92.0 Å². The van der Waals surface area contributed by atoms with Crippen molar-refractivity contribution < 1.29 is 4.79 Å². The van der Waals surface area contributed by atoms with Gasteiger partial charge in [-0.05, 0) is 56.9 Å². The van der Waals surface area contributed by atoms with Crippen LogP contribution >= 0.6 is 0 Å². The Balaban J connectivity index is 1.72. The van der Waals surface area contributed by atoms with E-state index in [1.165, 1.54) is 25.7 Å². The maximum atomic E-state index is 11.3. The van der Waals surface area contributed by atoms with Crippen molar-refractivity contribution in [1.29, 1.82) is 0 Å². The molecule has 2 fully saturated rings. The Morgan fingerprint density at radius 2 is 1.80 bits per heavy atom. The first-order valence-electron chi connectivity index (χ1n) is 6.17. The van der Waals surface area contributed by atoms with Crippen LogP contribution in [-0.2, 0) is 4.79 Å². The van der Waals surface area contributed by atoms with Crippen molar-refractivity contribution in [3.05, 3.63) is 0 Å². The van der Waals surface area contributed by atoms with Gasteiger partial charge in [-0.15, -0.1) is 0 Å². The van der Waals surface area contributed by atoms with Crippen LogP contribution < -0.4 is 10.6 Å². The van der Waals surface area contributed by atoms with Gasteiger partial charge in [0.1, 0.15) is 0 Å². The van der Waals surface area contributed by atoms with E-state index < -0.39 is 0 Å². The highest BCUT2D eigenvalue weighted by atomic mass is 16.2. The van der Waals surface area contributed by atoms with Gasteiger partial charge in [-0.2, -0.15) is 0 Å². The van der Waals surface area contributed by atoms with E-state index in [1.54, 1.807) is 7.05 Å². The summed E-state index contributed by atoms with van der Waals surface area (Å²) in [5.74, 6) is 2.86. The monoisotopic (exact) mass is 210 g/mol. The Bertz CT molecular complexity index is 222. The van der Waals surface area contributed by atoms with Crippen molar-refractivity contribution in [3.63, 3.8) is 0 Å². The average molecular weight is 210 g/mol. The van der Waals surface area contributed by atoms with Crippen LogP contribution in [0.4, 0.5) is 0 Å². The molecule has 1 atom stereocenters. The molecule has 0 aromatic heterocycles. The van der Waals surface area contributed by atoms with Gasteiger partial charge >= 0.3 is 0 Å². The minimum Gasteiger partial charge on any atom is -0.358 e. The molecule has 0 bridgehead atoms. The summed E-state index contributed by atoms with van der Waals surface area (Å²) in [5.41, 5.74) is 0. The van der Waals surface area contributed by atoms with Crippen LogP contribution in [0.5, 0.6) is 0 Å². The van der Waals surface area contributed by atoms with Crippen molar-refractivity contribution in [2.75, 3.05) is 13.6 Å². The standard InChI is InChI=1S/C12H22N2O/c1-8(12(15)13-2)14-7-11(9-3-4-9)10-5-6-10/h8-11,14H,3-7H2,1-2H3,(H,13,15). The number of likely N-dealkylation sites (N-methyl/N-ethyl adjacent to an activating group) is 1. The fourth-order valence-electron chi connectivity index (χ4n) is 2.39. The predicted octanol–water partition coefficient (Wildman–Crippen LogP) is 1.15. The van der Waals surface area contributed by atoms with E-state index in [2.05, 4.69) is 10.6 Å². The molecule has 1 amide bonds. The molecule has 1 unspecified atom stereocenters. The Morgan fingerprint density at radius 1 is 1.27 bits per heavy atom. The van der Waals surface area contributed by atoms with Crippen molar-refractivity contribution in [1.82, 2.24) is 10.6 Å². The van der Waals surface area contributed by atoms with Crippen LogP contribution in [0.15, 0.2) is 0 Å². The molecule has 0 aliphatic heterocycles. The number of rotatable bonds is 6. The molecule has 2 N–H and O–H groups in total. The Kier molecular flexibility index (Phi) is 3.29. The molecule has 2 rings (SSSR count). The highest BCUT2D eigenvalue weighted by Gasteiger charge is 2.41. The van der Waals surface area contributed by atoms with E-state index >= 15 is 0 Å². The van der Waals surface area contributed by atoms with E-state index in [9.17, 15) is 4.79 Å². The first kappa shape index (κ1) is 10.9. The minimum atomic E-state index is -0.0463. The van der Waals surface area contributed by atoms with Crippen LogP contribution in [0.25, 0.3) is 0 Å². The molecule has 3 heteroatoms. The number of hydrogen-bond donors (Lipinski definition) is 2. The normalized spacial score (nSPS) is 22.9. The zero-order valence-electron chi connectivity index (χ0n) is 9.75. The number of carbonyl (C=O) groups excluding carboxylic acids is 1. The van der Waals surface area contributed by atoms with Gasteiger partial charge < -0.3 is 10.6 Å². The first-order chi connectivity index (χ1) is 7.22. The number of hydrogen-bond acceptors (Lipinski definition) is 2. The second-order valence-corrected chi connectivity index (χ2v) is 5.08. The predicted molar refractivity (Wildman–Crippen MR) is 60.5 cm³/mol. The molecular formula is C12H22N2O. The van der Waals surface area contributed by atoms with Gasteiger partial charge in [-0.25, -0.2) is 0 Å². The van der Waals surface area contributed by atoms with E-state index in [0.29, 0.717) is 0 Å². The average Bonchev–Trinajstić information content (AvgIpc) is 3.07. The molecule has 3 nitrogen and oxygen atoms in total. The number of carbonyl (C=O) groups is 1. The van der Waals surface area contributed by atoms with Crippen LogP contribution in [0.1, 0.15) is 32.6 Å². The smallest absolute Gasteiger partial charge is 0.236 e. The maximum absolute atomic E-state index is 11.3. The second-order valence-electron chi connectivity index (χ2n) is 5.08. The number of nitrogens with one attached hydrogen (secondary N) is 2. The van der Waals surface area contributed by atoms with Crippen molar-refractivity contribution in [3.8, 4) is 0 Å². The van der Waals surface area contributed by atoms with Gasteiger partial charge in [0.05, 0.1) is 6.04 Å². The Morgan fingerprint density at radius 3 is 2.20 bits per heavy atom. The van der Waals surface area contributed by atoms with E-state index in [1.807, 2.05) is 6.92 Å². The zero-order valence-corrected chi connectivity index (χ0v) is 9.75. The molecule has 0 radical (unpaired) electrons. The molecule has 0 aromatic rings. The summed E-state index contributed by atoms with van der Waals surface area (Å²) >= 11 is 0. The third-order valence-electron chi connectivity index (χ3n) is 3.75. The van der Waals surface area contributed by atoms with Crippen LogP contribution in [0, 0.1) is 17.8 Å². The summed E-state index contributed by atoms with van der Waals surface area (Å²) in [6, 6.07) is -0.0463. The molecule has 0 saturated heterocycles. The van der Waals surface area contributed by atoms with Crippen LogP contribution in [0.3, 0.4) is 0 Å². The fraction of sp³-hybridized carbons (Fsp3) is 0.917.